The zero-order valence-corrected chi connectivity index (χ0v) is 10.4. The van der Waals surface area contributed by atoms with Gasteiger partial charge in [0.1, 0.15) is 11.7 Å². The Balaban J connectivity index is 4.20. The van der Waals surface area contributed by atoms with Crippen LogP contribution in [0.3, 0.4) is 0 Å². The Labute approximate surface area is 97.2 Å². The number of thiol groups is 1. The Hall–Kier alpha value is -0.210. The Morgan fingerprint density at radius 3 is 2.47 bits per heavy atom. The van der Waals surface area contributed by atoms with Crippen molar-refractivity contribution in [1.29, 1.82) is 0 Å². The van der Waals surface area contributed by atoms with Gasteiger partial charge in [0, 0.05) is 11.9 Å². The van der Waals surface area contributed by atoms with Gasteiger partial charge in [-0.2, -0.15) is 12.6 Å². The molecule has 0 aromatic rings. The van der Waals surface area contributed by atoms with Crippen molar-refractivity contribution in [2.45, 2.75) is 44.1 Å². The second-order valence-electron chi connectivity index (χ2n) is 3.94. The van der Waals surface area contributed by atoms with Gasteiger partial charge in [-0.1, -0.05) is 18.8 Å². The fourth-order valence-corrected chi connectivity index (χ4v) is 0.985. The fourth-order valence-electron chi connectivity index (χ4n) is 0.824. The minimum absolute atomic E-state index is 0.0291. The van der Waals surface area contributed by atoms with Gasteiger partial charge in [-0.25, -0.2) is 0 Å². The summed E-state index contributed by atoms with van der Waals surface area (Å²) >= 11 is 4.25. The first-order valence-corrected chi connectivity index (χ1v) is 5.54. The normalized spacial score (nSPS) is 15.3. The first kappa shape index (κ1) is 14.8. The van der Waals surface area contributed by atoms with Gasteiger partial charge in [-0.15, -0.1) is 0 Å². The SMILES string of the molecule is C[C@@H](S)[C@H](C#CC(C)(C)O)OCCCO. The highest BCUT2D eigenvalue weighted by atomic mass is 32.1. The molecule has 2 atom stereocenters. The quantitative estimate of drug-likeness (QED) is 0.374. The van der Waals surface area contributed by atoms with E-state index in [1.54, 1.807) is 13.8 Å². The smallest absolute Gasteiger partial charge is 0.129 e. The molecule has 0 saturated carbocycles. The highest BCUT2D eigenvalue weighted by Gasteiger charge is 2.13. The third kappa shape index (κ3) is 8.76. The van der Waals surface area contributed by atoms with E-state index in [9.17, 15) is 5.11 Å². The summed E-state index contributed by atoms with van der Waals surface area (Å²) in [6.07, 6.45) is 0.271. The van der Waals surface area contributed by atoms with E-state index in [0.717, 1.165) is 0 Å². The topological polar surface area (TPSA) is 49.7 Å². The van der Waals surface area contributed by atoms with E-state index in [0.29, 0.717) is 13.0 Å². The molecule has 15 heavy (non-hydrogen) atoms. The fraction of sp³-hybridized carbons (Fsp3) is 0.818. The number of ether oxygens (including phenoxy) is 1. The third-order valence-electron chi connectivity index (χ3n) is 1.56. The van der Waals surface area contributed by atoms with Crippen molar-refractivity contribution in [2.75, 3.05) is 13.2 Å². The molecule has 0 aliphatic carbocycles. The predicted octanol–water partition coefficient (Wildman–Crippen LogP) is 0.847. The lowest BCUT2D eigenvalue weighted by molar-refractivity contribution is 0.0788. The Kier molecular flexibility index (Phi) is 7.03. The molecule has 88 valence electrons. The van der Waals surface area contributed by atoms with Gasteiger partial charge in [0.25, 0.3) is 0 Å². The number of rotatable bonds is 5. The molecule has 0 unspecified atom stereocenters. The molecule has 0 rings (SSSR count). The Morgan fingerprint density at radius 1 is 1.47 bits per heavy atom. The van der Waals surface area contributed by atoms with Crippen molar-refractivity contribution in [2.24, 2.45) is 0 Å². The zero-order chi connectivity index (χ0) is 11.9. The summed E-state index contributed by atoms with van der Waals surface area (Å²) in [4.78, 5) is 0. The van der Waals surface area contributed by atoms with Gasteiger partial charge in [0.05, 0.1) is 6.61 Å². The van der Waals surface area contributed by atoms with Crippen LogP contribution in [0.15, 0.2) is 0 Å². The van der Waals surface area contributed by atoms with E-state index in [1.165, 1.54) is 0 Å². The van der Waals surface area contributed by atoms with Crippen LogP contribution in [-0.4, -0.2) is 40.4 Å². The van der Waals surface area contributed by atoms with Crippen LogP contribution in [-0.2, 0) is 4.74 Å². The Morgan fingerprint density at radius 2 is 2.07 bits per heavy atom. The molecule has 0 spiro atoms. The summed E-state index contributed by atoms with van der Waals surface area (Å²) in [5.41, 5.74) is -1.01. The number of aliphatic hydroxyl groups excluding tert-OH is 1. The monoisotopic (exact) mass is 232 g/mol. The molecule has 0 aromatic carbocycles. The highest BCUT2D eigenvalue weighted by Crippen LogP contribution is 2.07. The van der Waals surface area contributed by atoms with E-state index in [4.69, 9.17) is 9.84 Å². The average molecular weight is 232 g/mol. The van der Waals surface area contributed by atoms with Gasteiger partial charge in [-0.05, 0) is 20.3 Å². The van der Waals surface area contributed by atoms with Crippen LogP contribution in [0.2, 0.25) is 0 Å². The average Bonchev–Trinajstić information content (AvgIpc) is 2.08. The molecule has 0 aliphatic rings. The molecular weight excluding hydrogens is 212 g/mol. The molecular formula is C11H20O3S. The zero-order valence-electron chi connectivity index (χ0n) is 9.53. The largest absolute Gasteiger partial charge is 0.396 e. The maximum Gasteiger partial charge on any atom is 0.129 e. The maximum atomic E-state index is 9.43. The summed E-state index contributed by atoms with van der Waals surface area (Å²) in [6.45, 7) is 5.67. The van der Waals surface area contributed by atoms with Crippen LogP contribution >= 0.6 is 12.6 Å². The molecule has 0 aliphatic heterocycles. The molecule has 0 bridgehead atoms. The van der Waals surface area contributed by atoms with E-state index >= 15 is 0 Å². The predicted molar refractivity (Wildman–Crippen MR) is 64.0 cm³/mol. The molecule has 3 nitrogen and oxygen atoms in total. The molecule has 0 radical (unpaired) electrons. The Bertz CT molecular complexity index is 222. The lowest BCUT2D eigenvalue weighted by atomic mass is 10.1. The lowest BCUT2D eigenvalue weighted by Crippen LogP contribution is -2.23. The van der Waals surface area contributed by atoms with Crippen molar-refractivity contribution < 1.29 is 14.9 Å². The van der Waals surface area contributed by atoms with Crippen molar-refractivity contribution in [3.8, 4) is 11.8 Å². The molecule has 4 heteroatoms. The maximum absolute atomic E-state index is 9.43. The summed E-state index contributed by atoms with van der Waals surface area (Å²) in [6, 6.07) is 0. The third-order valence-corrected chi connectivity index (χ3v) is 1.83. The second-order valence-corrected chi connectivity index (χ2v) is 4.75. The van der Waals surface area contributed by atoms with Crippen molar-refractivity contribution in [1.82, 2.24) is 0 Å². The van der Waals surface area contributed by atoms with Gasteiger partial charge in [-0.3, -0.25) is 0 Å². The number of hydrogen-bond donors (Lipinski definition) is 3. The molecule has 0 fully saturated rings. The molecule has 0 heterocycles. The summed E-state index contributed by atoms with van der Waals surface area (Å²) < 4.78 is 5.42. The highest BCUT2D eigenvalue weighted by molar-refractivity contribution is 7.81. The van der Waals surface area contributed by atoms with Crippen LogP contribution in [0.5, 0.6) is 0 Å². The second kappa shape index (κ2) is 7.13. The minimum Gasteiger partial charge on any atom is -0.396 e. The van der Waals surface area contributed by atoms with Crippen LogP contribution < -0.4 is 0 Å². The lowest BCUT2D eigenvalue weighted by Gasteiger charge is -2.16. The van der Waals surface area contributed by atoms with Crippen molar-refractivity contribution in [3.63, 3.8) is 0 Å². The number of hydrogen-bond acceptors (Lipinski definition) is 4. The minimum atomic E-state index is -1.01. The van der Waals surface area contributed by atoms with Crippen LogP contribution in [0.4, 0.5) is 0 Å². The van der Waals surface area contributed by atoms with Crippen LogP contribution in [0.25, 0.3) is 0 Å². The molecule has 0 aromatic heterocycles. The van der Waals surface area contributed by atoms with E-state index < -0.39 is 5.60 Å². The van der Waals surface area contributed by atoms with Gasteiger partial charge in [0.2, 0.25) is 0 Å². The van der Waals surface area contributed by atoms with Crippen LogP contribution in [0, 0.1) is 11.8 Å². The van der Waals surface area contributed by atoms with Gasteiger partial charge < -0.3 is 14.9 Å². The standard InChI is InChI=1S/C11H20O3S/c1-9(15)10(14-8-4-7-12)5-6-11(2,3)13/h9-10,12-13,15H,4,7-8H2,1-3H3/t9-,10+/m1/s1. The summed E-state index contributed by atoms with van der Waals surface area (Å²) in [5.74, 6) is 5.54. The molecule has 0 amide bonds. The van der Waals surface area contributed by atoms with Crippen molar-refractivity contribution in [3.05, 3.63) is 0 Å². The van der Waals surface area contributed by atoms with E-state index in [-0.39, 0.29) is 18.0 Å². The summed E-state index contributed by atoms with van der Waals surface area (Å²) in [5, 5.41) is 18.0. The molecule has 2 N–H and O–H groups in total. The molecule has 0 saturated heterocycles. The van der Waals surface area contributed by atoms with Gasteiger partial charge in [0.15, 0.2) is 0 Å². The van der Waals surface area contributed by atoms with E-state index in [2.05, 4.69) is 24.5 Å². The number of aliphatic hydroxyl groups is 2. The van der Waals surface area contributed by atoms with Gasteiger partial charge >= 0.3 is 0 Å². The van der Waals surface area contributed by atoms with Crippen LogP contribution in [0.1, 0.15) is 27.2 Å². The first-order chi connectivity index (χ1) is 6.87. The summed E-state index contributed by atoms with van der Waals surface area (Å²) in [7, 11) is 0. The first-order valence-electron chi connectivity index (χ1n) is 5.02. The van der Waals surface area contributed by atoms with E-state index in [1.807, 2.05) is 6.92 Å². The van der Waals surface area contributed by atoms with Crippen molar-refractivity contribution >= 4 is 12.6 Å².